The van der Waals surface area contributed by atoms with E-state index in [9.17, 15) is 14.7 Å². The minimum absolute atomic E-state index is 0.148. The van der Waals surface area contributed by atoms with Gasteiger partial charge in [0.15, 0.2) is 11.9 Å². The number of aromatic hydroxyl groups is 1. The minimum Gasteiger partial charge on any atom is -0.493 e. The zero-order chi connectivity index (χ0) is 25.4. The molecule has 1 aromatic carbocycles. The van der Waals surface area contributed by atoms with Gasteiger partial charge in [0.1, 0.15) is 13.2 Å². The number of pyridine rings is 1. The molecule has 2 aliphatic rings. The van der Waals surface area contributed by atoms with Crippen molar-refractivity contribution in [2.75, 3.05) is 13.2 Å². The van der Waals surface area contributed by atoms with Gasteiger partial charge in [-0.3, -0.25) is 14.1 Å². The van der Waals surface area contributed by atoms with Crippen LogP contribution in [0, 0.1) is 11.8 Å². The lowest BCUT2D eigenvalue weighted by atomic mass is 9.95. The van der Waals surface area contributed by atoms with Crippen LogP contribution in [0.2, 0.25) is 0 Å². The molecule has 0 fully saturated rings. The highest BCUT2D eigenvalue weighted by atomic mass is 16.6. The zero-order valence-corrected chi connectivity index (χ0v) is 19.5. The number of nitrogens with zero attached hydrogens (tertiary/aromatic N) is 4. The number of hydrogen-bond donors (Lipinski definition) is 2. The second-order valence-corrected chi connectivity index (χ2v) is 8.58. The van der Waals surface area contributed by atoms with Crippen LogP contribution in [0.3, 0.4) is 0 Å². The maximum atomic E-state index is 12.7. The van der Waals surface area contributed by atoms with Crippen LogP contribution < -0.4 is 25.6 Å². The molecular weight excluding hydrogens is 478 g/mol. The van der Waals surface area contributed by atoms with Gasteiger partial charge in [0.2, 0.25) is 11.8 Å². The summed E-state index contributed by atoms with van der Waals surface area (Å²) < 4.78 is 20.2. The Balaban J connectivity index is 1.19. The first-order valence-corrected chi connectivity index (χ1v) is 11.6. The zero-order valence-electron chi connectivity index (χ0n) is 19.5. The number of aryl methyl sites for hydroxylation is 1. The monoisotopic (exact) mass is 499 g/mol. The second kappa shape index (κ2) is 9.23. The van der Waals surface area contributed by atoms with E-state index in [0.717, 1.165) is 22.4 Å². The van der Waals surface area contributed by atoms with E-state index in [1.807, 2.05) is 18.2 Å². The van der Waals surface area contributed by atoms with Crippen LogP contribution in [-0.2, 0) is 19.5 Å². The highest BCUT2D eigenvalue weighted by Crippen LogP contribution is 2.31. The van der Waals surface area contributed by atoms with Gasteiger partial charge in [-0.2, -0.15) is 4.98 Å². The Morgan fingerprint density at radius 3 is 3.03 bits per heavy atom. The lowest BCUT2D eigenvalue weighted by Crippen LogP contribution is -2.35. The van der Waals surface area contributed by atoms with Crippen LogP contribution >= 0.6 is 0 Å². The molecule has 0 spiro atoms. The second-order valence-electron chi connectivity index (χ2n) is 8.58. The van der Waals surface area contributed by atoms with Crippen LogP contribution in [0.1, 0.15) is 11.1 Å². The molecule has 11 nitrogen and oxygen atoms in total. The molecule has 0 amide bonds. The van der Waals surface area contributed by atoms with Gasteiger partial charge in [-0.25, -0.2) is 14.6 Å². The fraction of sp³-hybridized carbons (Fsp3) is 0.231. The largest absolute Gasteiger partial charge is 0.493 e. The maximum absolute atomic E-state index is 12.7. The SMILES string of the molecule is O=c1[nH]c(O)cn1CC#Cc1ccc2c(c1)CCn1c-2cc(OCC2COc3ncccc3O2)nc1=O. The lowest BCUT2D eigenvalue weighted by Gasteiger charge is -2.25. The normalized spacial score (nSPS) is 15.2. The summed E-state index contributed by atoms with van der Waals surface area (Å²) in [5, 5.41) is 9.36. The average Bonchev–Trinajstić information content (AvgIpc) is 3.23. The molecule has 5 heterocycles. The Morgan fingerprint density at radius 2 is 2.16 bits per heavy atom. The number of H-pyrrole nitrogens is 1. The highest BCUT2D eigenvalue weighted by molar-refractivity contribution is 5.68. The molecule has 0 saturated carbocycles. The van der Waals surface area contributed by atoms with E-state index < -0.39 is 5.69 Å². The van der Waals surface area contributed by atoms with E-state index in [1.54, 1.807) is 29.0 Å². The van der Waals surface area contributed by atoms with Gasteiger partial charge < -0.3 is 19.3 Å². The third-order valence-corrected chi connectivity index (χ3v) is 6.08. The molecule has 1 unspecified atom stereocenters. The van der Waals surface area contributed by atoms with Crippen molar-refractivity contribution in [2.24, 2.45) is 0 Å². The van der Waals surface area contributed by atoms with Gasteiger partial charge >= 0.3 is 11.4 Å². The maximum Gasteiger partial charge on any atom is 0.351 e. The van der Waals surface area contributed by atoms with Crippen LogP contribution in [0.15, 0.2) is 58.4 Å². The van der Waals surface area contributed by atoms with Crippen LogP contribution in [0.4, 0.5) is 0 Å². The Labute approximate surface area is 209 Å². The predicted octanol–water partition coefficient (Wildman–Crippen LogP) is 1.33. The number of fused-ring (bicyclic) bond motifs is 4. The lowest BCUT2D eigenvalue weighted by molar-refractivity contribution is 0.0486. The predicted molar refractivity (Wildman–Crippen MR) is 131 cm³/mol. The third kappa shape index (κ3) is 4.52. The number of nitrogens with one attached hydrogen (secondary N) is 1. The molecule has 3 aromatic heterocycles. The van der Waals surface area contributed by atoms with Crippen molar-refractivity contribution in [3.63, 3.8) is 0 Å². The van der Waals surface area contributed by atoms with E-state index in [0.29, 0.717) is 24.6 Å². The number of ether oxygens (including phenoxy) is 3. The summed E-state index contributed by atoms with van der Waals surface area (Å²) in [6.07, 6.45) is 3.23. The van der Waals surface area contributed by atoms with Gasteiger partial charge in [-0.1, -0.05) is 17.9 Å². The van der Waals surface area contributed by atoms with E-state index in [1.165, 1.54) is 10.8 Å². The Hall–Kier alpha value is -4.98. The molecule has 186 valence electrons. The number of hydrogen-bond acceptors (Lipinski definition) is 8. The van der Waals surface area contributed by atoms with Crippen molar-refractivity contribution in [1.29, 1.82) is 0 Å². The Morgan fingerprint density at radius 1 is 1.24 bits per heavy atom. The van der Waals surface area contributed by atoms with E-state index in [-0.39, 0.29) is 43.3 Å². The van der Waals surface area contributed by atoms with Gasteiger partial charge in [0, 0.05) is 29.9 Å². The standard InChI is InChI=1S/C26H21N5O6/c32-22-13-30(25(33)28-22)9-2-3-16-5-6-19-17(11-16)7-10-31-20(19)12-23(29-26(31)34)35-14-18-15-36-24-21(37-18)4-1-8-27-24/h1,4-6,8,11-13,18,32H,7,9-10,14-15H2,(H,28,33). The topological polar surface area (TPSA) is 133 Å². The van der Waals surface area contributed by atoms with Gasteiger partial charge in [0.05, 0.1) is 18.4 Å². The molecule has 0 aliphatic carbocycles. The van der Waals surface area contributed by atoms with Crippen molar-refractivity contribution < 1.29 is 19.3 Å². The van der Waals surface area contributed by atoms with E-state index in [2.05, 4.69) is 26.8 Å². The summed E-state index contributed by atoms with van der Waals surface area (Å²) in [6, 6.07) is 11.1. The first kappa shape index (κ1) is 22.5. The molecule has 37 heavy (non-hydrogen) atoms. The summed E-state index contributed by atoms with van der Waals surface area (Å²) in [7, 11) is 0. The Bertz CT molecular complexity index is 1680. The number of aromatic amines is 1. The molecule has 4 aromatic rings. The number of imidazole rings is 1. The van der Waals surface area contributed by atoms with Crippen molar-refractivity contribution in [2.45, 2.75) is 25.6 Å². The number of rotatable bonds is 4. The smallest absolute Gasteiger partial charge is 0.351 e. The number of benzene rings is 1. The number of aromatic nitrogens is 5. The minimum atomic E-state index is -0.421. The quantitative estimate of drug-likeness (QED) is 0.402. The molecular formula is C26H21N5O6. The molecule has 0 radical (unpaired) electrons. The van der Waals surface area contributed by atoms with Crippen LogP contribution in [-0.4, -0.2) is 48.5 Å². The summed E-state index contributed by atoms with van der Waals surface area (Å²) in [6.45, 7) is 1.08. The van der Waals surface area contributed by atoms with Gasteiger partial charge in [-0.15, -0.1) is 0 Å². The molecule has 0 bridgehead atoms. The first-order valence-electron chi connectivity index (χ1n) is 11.6. The molecule has 2 N–H and O–H groups in total. The summed E-state index contributed by atoms with van der Waals surface area (Å²) in [5.41, 5.74) is 2.67. The summed E-state index contributed by atoms with van der Waals surface area (Å²) in [4.78, 5) is 34.9. The fourth-order valence-electron chi connectivity index (χ4n) is 4.34. The molecule has 11 heteroatoms. The third-order valence-electron chi connectivity index (χ3n) is 6.08. The molecule has 2 aliphatic heterocycles. The summed E-state index contributed by atoms with van der Waals surface area (Å²) in [5.74, 6) is 7.00. The first-order chi connectivity index (χ1) is 18.0. The van der Waals surface area contributed by atoms with Gasteiger partial charge in [-0.05, 0) is 36.2 Å². The molecule has 6 rings (SSSR count). The van der Waals surface area contributed by atoms with Gasteiger partial charge in [0.25, 0.3) is 5.88 Å². The average molecular weight is 499 g/mol. The fourth-order valence-corrected chi connectivity index (χ4v) is 4.34. The Kier molecular flexibility index (Phi) is 5.61. The van der Waals surface area contributed by atoms with Crippen LogP contribution in [0.25, 0.3) is 11.3 Å². The highest BCUT2D eigenvalue weighted by Gasteiger charge is 2.24. The molecule has 1 atom stereocenters. The van der Waals surface area contributed by atoms with Crippen molar-refractivity contribution in [3.8, 4) is 46.5 Å². The summed E-state index contributed by atoms with van der Waals surface area (Å²) >= 11 is 0. The molecule has 0 saturated heterocycles. The van der Waals surface area contributed by atoms with Crippen LogP contribution in [0.5, 0.6) is 23.4 Å². The van der Waals surface area contributed by atoms with E-state index >= 15 is 0 Å². The van der Waals surface area contributed by atoms with Crippen molar-refractivity contribution in [3.05, 3.63) is 80.9 Å². The van der Waals surface area contributed by atoms with Crippen molar-refractivity contribution in [1.82, 2.24) is 24.1 Å². The van der Waals surface area contributed by atoms with E-state index in [4.69, 9.17) is 14.2 Å². The van der Waals surface area contributed by atoms with Crippen molar-refractivity contribution >= 4 is 0 Å².